The molecule has 1 fully saturated rings. The number of non-ortho nitro benzene ring substituents is 1. The SMILES string of the molecule is COc1ccc(C2(CNc3ccc4cc([N+](=O)[O-])ccc4n3)CCOCC2)cc1. The molecule has 0 unspecified atom stereocenters. The Kier molecular flexibility index (Phi) is 5.31. The average Bonchev–Trinajstić information content (AvgIpc) is 2.78. The molecule has 0 atom stereocenters. The van der Waals surface area contributed by atoms with E-state index < -0.39 is 4.92 Å². The minimum absolute atomic E-state index is 0.0450. The third kappa shape index (κ3) is 4.00. The molecule has 1 aliphatic heterocycles. The van der Waals surface area contributed by atoms with Crippen LogP contribution in [0.2, 0.25) is 0 Å². The lowest BCUT2D eigenvalue weighted by atomic mass is 9.74. The van der Waals surface area contributed by atoms with Gasteiger partial charge >= 0.3 is 0 Å². The Balaban J connectivity index is 1.56. The fourth-order valence-electron chi connectivity index (χ4n) is 3.86. The van der Waals surface area contributed by atoms with E-state index in [0.29, 0.717) is 0 Å². The molecular formula is C22H23N3O4. The number of nitrogens with one attached hydrogen (secondary N) is 1. The fourth-order valence-corrected chi connectivity index (χ4v) is 3.86. The lowest BCUT2D eigenvalue weighted by molar-refractivity contribution is -0.384. The Morgan fingerprint density at radius 2 is 1.90 bits per heavy atom. The molecule has 2 aromatic carbocycles. The molecule has 29 heavy (non-hydrogen) atoms. The molecule has 2 heterocycles. The standard InChI is InChI=1S/C22H23N3O4/c1-28-19-6-3-17(4-7-19)22(10-12-29-13-11-22)15-23-21-9-2-16-14-18(25(26)27)5-8-20(16)24-21/h2-9,14H,10-13,15H2,1H3,(H,23,24). The Hall–Kier alpha value is -3.19. The number of nitro benzene ring substituents is 1. The van der Waals surface area contributed by atoms with E-state index in [9.17, 15) is 10.1 Å². The zero-order valence-corrected chi connectivity index (χ0v) is 16.3. The highest BCUT2D eigenvalue weighted by Gasteiger charge is 2.34. The molecular weight excluding hydrogens is 370 g/mol. The van der Waals surface area contributed by atoms with Crippen LogP contribution < -0.4 is 10.1 Å². The van der Waals surface area contributed by atoms with Crippen LogP contribution in [-0.2, 0) is 10.2 Å². The summed E-state index contributed by atoms with van der Waals surface area (Å²) < 4.78 is 10.9. The second kappa shape index (κ2) is 8.05. The summed E-state index contributed by atoms with van der Waals surface area (Å²) >= 11 is 0. The van der Waals surface area contributed by atoms with Crippen LogP contribution in [0.25, 0.3) is 10.9 Å². The summed E-state index contributed by atoms with van der Waals surface area (Å²) in [6.07, 6.45) is 1.85. The average molecular weight is 393 g/mol. The van der Waals surface area contributed by atoms with E-state index in [1.165, 1.54) is 11.6 Å². The van der Waals surface area contributed by atoms with Gasteiger partial charge in [-0.1, -0.05) is 12.1 Å². The highest BCUT2D eigenvalue weighted by atomic mass is 16.6. The van der Waals surface area contributed by atoms with Gasteiger partial charge in [0, 0.05) is 42.7 Å². The highest BCUT2D eigenvalue weighted by Crippen LogP contribution is 2.36. The minimum atomic E-state index is -0.393. The fraction of sp³-hybridized carbons (Fsp3) is 0.318. The van der Waals surface area contributed by atoms with Crippen LogP contribution in [0.15, 0.2) is 54.6 Å². The van der Waals surface area contributed by atoms with Gasteiger partial charge in [-0.25, -0.2) is 4.98 Å². The van der Waals surface area contributed by atoms with Crippen LogP contribution >= 0.6 is 0 Å². The zero-order valence-electron chi connectivity index (χ0n) is 16.3. The van der Waals surface area contributed by atoms with Gasteiger partial charge in [0.25, 0.3) is 5.69 Å². The van der Waals surface area contributed by atoms with E-state index in [2.05, 4.69) is 22.4 Å². The van der Waals surface area contributed by atoms with Crippen molar-refractivity contribution in [3.8, 4) is 5.75 Å². The first-order valence-electron chi connectivity index (χ1n) is 9.61. The Labute approximate surface area is 168 Å². The largest absolute Gasteiger partial charge is 0.497 e. The molecule has 3 aromatic rings. The van der Waals surface area contributed by atoms with Crippen molar-refractivity contribution in [2.24, 2.45) is 0 Å². The number of pyridine rings is 1. The molecule has 0 amide bonds. The van der Waals surface area contributed by atoms with Gasteiger partial charge in [0.1, 0.15) is 11.6 Å². The number of ether oxygens (including phenoxy) is 2. The molecule has 7 heteroatoms. The summed E-state index contributed by atoms with van der Waals surface area (Å²) in [7, 11) is 1.67. The van der Waals surface area contributed by atoms with Crippen LogP contribution in [0, 0.1) is 10.1 Å². The summed E-state index contributed by atoms with van der Waals surface area (Å²) in [6, 6.07) is 16.7. The molecule has 1 N–H and O–H groups in total. The van der Waals surface area contributed by atoms with E-state index in [-0.39, 0.29) is 11.1 Å². The number of benzene rings is 2. The van der Waals surface area contributed by atoms with Crippen molar-refractivity contribution in [3.63, 3.8) is 0 Å². The van der Waals surface area contributed by atoms with Gasteiger partial charge in [0.05, 0.1) is 17.5 Å². The Morgan fingerprint density at radius 3 is 2.59 bits per heavy atom. The van der Waals surface area contributed by atoms with E-state index in [4.69, 9.17) is 9.47 Å². The maximum atomic E-state index is 11.0. The van der Waals surface area contributed by atoms with Crippen molar-refractivity contribution >= 4 is 22.4 Å². The smallest absolute Gasteiger partial charge is 0.270 e. The van der Waals surface area contributed by atoms with E-state index >= 15 is 0 Å². The number of hydrogen-bond acceptors (Lipinski definition) is 6. The third-order valence-corrected chi connectivity index (χ3v) is 5.64. The van der Waals surface area contributed by atoms with Crippen LogP contribution in [0.3, 0.4) is 0 Å². The van der Waals surface area contributed by atoms with Gasteiger partial charge in [-0.15, -0.1) is 0 Å². The normalized spacial score (nSPS) is 15.8. The number of aromatic nitrogens is 1. The third-order valence-electron chi connectivity index (χ3n) is 5.64. The van der Waals surface area contributed by atoms with Gasteiger partial charge in [-0.05, 0) is 48.7 Å². The molecule has 0 spiro atoms. The highest BCUT2D eigenvalue weighted by molar-refractivity contribution is 5.82. The van der Waals surface area contributed by atoms with Gasteiger partial charge < -0.3 is 14.8 Å². The monoisotopic (exact) mass is 393 g/mol. The second-order valence-corrected chi connectivity index (χ2v) is 7.31. The van der Waals surface area contributed by atoms with Crippen molar-refractivity contribution in [1.29, 1.82) is 0 Å². The quantitative estimate of drug-likeness (QED) is 0.496. The molecule has 0 radical (unpaired) electrons. The summed E-state index contributed by atoms with van der Waals surface area (Å²) in [4.78, 5) is 15.2. The number of nitro groups is 1. The Bertz CT molecular complexity index is 1010. The lowest BCUT2D eigenvalue weighted by Gasteiger charge is -2.38. The molecule has 0 saturated carbocycles. The first-order chi connectivity index (χ1) is 14.1. The molecule has 1 saturated heterocycles. The van der Waals surface area contributed by atoms with Gasteiger partial charge in [-0.2, -0.15) is 0 Å². The summed E-state index contributed by atoms with van der Waals surface area (Å²) in [5.74, 6) is 1.60. The summed E-state index contributed by atoms with van der Waals surface area (Å²) in [5.41, 5.74) is 2.01. The van der Waals surface area contributed by atoms with Gasteiger partial charge in [-0.3, -0.25) is 10.1 Å². The molecule has 150 valence electrons. The second-order valence-electron chi connectivity index (χ2n) is 7.31. The maximum absolute atomic E-state index is 11.0. The predicted molar refractivity (Wildman–Crippen MR) is 112 cm³/mol. The van der Waals surface area contributed by atoms with Crippen molar-refractivity contribution in [1.82, 2.24) is 4.98 Å². The number of rotatable bonds is 6. The van der Waals surface area contributed by atoms with E-state index in [1.54, 1.807) is 19.2 Å². The van der Waals surface area contributed by atoms with Crippen LogP contribution in [0.5, 0.6) is 5.75 Å². The molecule has 0 aliphatic carbocycles. The van der Waals surface area contributed by atoms with Gasteiger partial charge in [0.2, 0.25) is 0 Å². The minimum Gasteiger partial charge on any atom is -0.497 e. The maximum Gasteiger partial charge on any atom is 0.270 e. The predicted octanol–water partition coefficient (Wildman–Crippen LogP) is 4.31. The van der Waals surface area contributed by atoms with Crippen LogP contribution in [0.4, 0.5) is 11.5 Å². The molecule has 1 aromatic heterocycles. The number of nitrogens with zero attached hydrogens (tertiary/aromatic N) is 2. The van der Waals surface area contributed by atoms with E-state index in [0.717, 1.165) is 55.1 Å². The van der Waals surface area contributed by atoms with Crippen LogP contribution in [0.1, 0.15) is 18.4 Å². The molecule has 4 rings (SSSR count). The lowest BCUT2D eigenvalue weighted by Crippen LogP contribution is -2.40. The topological polar surface area (TPSA) is 86.5 Å². The Morgan fingerprint density at radius 1 is 1.14 bits per heavy atom. The summed E-state index contributed by atoms with van der Waals surface area (Å²) in [6.45, 7) is 2.18. The van der Waals surface area contributed by atoms with E-state index in [1.807, 2.05) is 24.3 Å². The molecule has 7 nitrogen and oxygen atoms in total. The first kappa shape index (κ1) is 19.1. The number of anilines is 1. The molecule has 0 bridgehead atoms. The zero-order chi connectivity index (χ0) is 20.3. The van der Waals surface area contributed by atoms with Crippen molar-refractivity contribution in [2.75, 3.05) is 32.2 Å². The number of fused-ring (bicyclic) bond motifs is 1. The first-order valence-corrected chi connectivity index (χ1v) is 9.61. The van der Waals surface area contributed by atoms with Crippen molar-refractivity contribution < 1.29 is 14.4 Å². The van der Waals surface area contributed by atoms with Crippen molar-refractivity contribution in [2.45, 2.75) is 18.3 Å². The number of methoxy groups -OCH3 is 1. The van der Waals surface area contributed by atoms with Gasteiger partial charge in [0.15, 0.2) is 0 Å². The molecule has 1 aliphatic rings. The number of hydrogen-bond donors (Lipinski definition) is 1. The van der Waals surface area contributed by atoms with Crippen molar-refractivity contribution in [3.05, 3.63) is 70.3 Å². The summed E-state index contributed by atoms with van der Waals surface area (Å²) in [5, 5.41) is 15.2. The van der Waals surface area contributed by atoms with Crippen LogP contribution in [-0.4, -0.2) is 36.8 Å².